The van der Waals surface area contributed by atoms with Gasteiger partial charge in [-0.05, 0) is 24.6 Å². The monoisotopic (exact) mass is 201 g/mol. The lowest BCUT2D eigenvalue weighted by atomic mass is 10.1. The van der Waals surface area contributed by atoms with Crippen LogP contribution in [-0.2, 0) is 11.2 Å². The summed E-state index contributed by atoms with van der Waals surface area (Å²) in [6, 6.07) is 7.74. The minimum Gasteiger partial charge on any atom is -0.330 e. The smallest absolute Gasteiger partial charge is 0.134 e. The van der Waals surface area contributed by atoms with Gasteiger partial charge < -0.3 is 5.73 Å². The van der Waals surface area contributed by atoms with E-state index in [1.165, 1.54) is 0 Å². The second kappa shape index (κ2) is 6.00. The maximum atomic E-state index is 10.9. The summed E-state index contributed by atoms with van der Waals surface area (Å²) in [6.07, 6.45) is 1.21. The van der Waals surface area contributed by atoms with Crippen LogP contribution in [0.3, 0.4) is 0 Å². The first-order chi connectivity index (χ1) is 7.22. The number of hydrogen-bond acceptors (Lipinski definition) is 2. The molecular formula is C13H15NO. The Balaban J connectivity index is 2.65. The van der Waals surface area contributed by atoms with Crippen LogP contribution in [0.1, 0.15) is 24.5 Å². The summed E-state index contributed by atoms with van der Waals surface area (Å²) in [5.74, 6) is 6.16. The highest BCUT2D eigenvalue weighted by Crippen LogP contribution is 2.04. The zero-order valence-electron chi connectivity index (χ0n) is 8.92. The van der Waals surface area contributed by atoms with E-state index in [9.17, 15) is 4.79 Å². The molecular weight excluding hydrogens is 186 g/mol. The first kappa shape index (κ1) is 11.5. The number of carbonyl (C=O) groups excluding carboxylic acids is 1. The van der Waals surface area contributed by atoms with E-state index >= 15 is 0 Å². The second-order valence-corrected chi connectivity index (χ2v) is 3.42. The fourth-order valence-corrected chi connectivity index (χ4v) is 1.23. The van der Waals surface area contributed by atoms with Crippen LogP contribution in [0.25, 0.3) is 0 Å². The van der Waals surface area contributed by atoms with Gasteiger partial charge in [-0.1, -0.05) is 24.0 Å². The van der Waals surface area contributed by atoms with Crippen molar-refractivity contribution in [3.63, 3.8) is 0 Å². The Morgan fingerprint density at radius 3 is 2.53 bits per heavy atom. The number of carbonyl (C=O) groups is 1. The minimum absolute atomic E-state index is 0.178. The minimum atomic E-state index is 0.178. The van der Waals surface area contributed by atoms with Crippen LogP contribution in [-0.4, -0.2) is 12.3 Å². The molecule has 2 heteroatoms. The SMILES string of the molecule is CC(=O)Cc1ccc(C#CCCN)cc1. The highest BCUT2D eigenvalue weighted by atomic mass is 16.1. The van der Waals surface area contributed by atoms with E-state index in [0.29, 0.717) is 13.0 Å². The number of rotatable bonds is 3. The van der Waals surface area contributed by atoms with Crippen LogP contribution in [0.2, 0.25) is 0 Å². The van der Waals surface area contributed by atoms with Gasteiger partial charge in [-0.3, -0.25) is 4.79 Å². The second-order valence-electron chi connectivity index (χ2n) is 3.42. The van der Waals surface area contributed by atoms with Crippen molar-refractivity contribution in [1.82, 2.24) is 0 Å². The van der Waals surface area contributed by atoms with Crippen molar-refractivity contribution in [1.29, 1.82) is 0 Å². The summed E-state index contributed by atoms with van der Waals surface area (Å²) in [5.41, 5.74) is 7.33. The normalized spacial score (nSPS) is 9.20. The Morgan fingerprint density at radius 2 is 2.00 bits per heavy atom. The maximum Gasteiger partial charge on any atom is 0.134 e. The molecule has 0 unspecified atom stereocenters. The Bertz CT molecular complexity index is 381. The summed E-state index contributed by atoms with van der Waals surface area (Å²) >= 11 is 0. The number of nitrogens with two attached hydrogens (primary N) is 1. The third-order valence-corrected chi connectivity index (χ3v) is 1.91. The molecule has 1 rings (SSSR count). The zero-order valence-corrected chi connectivity index (χ0v) is 8.92. The molecule has 0 aliphatic heterocycles. The maximum absolute atomic E-state index is 10.9. The zero-order chi connectivity index (χ0) is 11.1. The van der Waals surface area contributed by atoms with E-state index in [4.69, 9.17) is 5.73 Å². The van der Waals surface area contributed by atoms with Crippen LogP contribution in [0, 0.1) is 11.8 Å². The van der Waals surface area contributed by atoms with Gasteiger partial charge in [-0.25, -0.2) is 0 Å². The van der Waals surface area contributed by atoms with Crippen LogP contribution >= 0.6 is 0 Å². The van der Waals surface area contributed by atoms with Crippen molar-refractivity contribution in [3.05, 3.63) is 35.4 Å². The van der Waals surface area contributed by atoms with Gasteiger partial charge in [-0.15, -0.1) is 0 Å². The Hall–Kier alpha value is -1.59. The molecule has 0 spiro atoms. The summed E-state index contributed by atoms with van der Waals surface area (Å²) in [6.45, 7) is 2.18. The van der Waals surface area contributed by atoms with Crippen LogP contribution in [0.15, 0.2) is 24.3 Å². The van der Waals surface area contributed by atoms with Gasteiger partial charge in [0.25, 0.3) is 0 Å². The van der Waals surface area contributed by atoms with Crippen LogP contribution in [0.5, 0.6) is 0 Å². The van der Waals surface area contributed by atoms with Gasteiger partial charge in [0.05, 0.1) is 0 Å². The molecule has 0 fully saturated rings. The van der Waals surface area contributed by atoms with Crippen molar-refractivity contribution >= 4 is 5.78 Å². The largest absolute Gasteiger partial charge is 0.330 e. The van der Waals surface area contributed by atoms with Gasteiger partial charge in [0, 0.05) is 24.9 Å². The Labute approximate surface area is 90.5 Å². The summed E-state index contributed by atoms with van der Waals surface area (Å²) < 4.78 is 0. The molecule has 0 atom stereocenters. The lowest BCUT2D eigenvalue weighted by molar-refractivity contribution is -0.116. The van der Waals surface area contributed by atoms with Crippen molar-refractivity contribution in [2.24, 2.45) is 5.73 Å². The first-order valence-corrected chi connectivity index (χ1v) is 4.99. The molecule has 0 saturated carbocycles. The molecule has 2 N–H and O–H groups in total. The first-order valence-electron chi connectivity index (χ1n) is 4.99. The third-order valence-electron chi connectivity index (χ3n) is 1.91. The number of hydrogen-bond donors (Lipinski definition) is 1. The molecule has 0 aliphatic rings. The van der Waals surface area contributed by atoms with Crippen molar-refractivity contribution in [2.75, 3.05) is 6.54 Å². The van der Waals surface area contributed by atoms with Gasteiger partial charge in [0.15, 0.2) is 0 Å². The molecule has 0 saturated heterocycles. The average molecular weight is 201 g/mol. The van der Waals surface area contributed by atoms with Gasteiger partial charge in [-0.2, -0.15) is 0 Å². The Morgan fingerprint density at radius 1 is 1.33 bits per heavy atom. The lowest BCUT2D eigenvalue weighted by Crippen LogP contribution is -1.96. The number of Topliss-reactive ketones (excluding diaryl/α,β-unsaturated/α-hetero) is 1. The molecule has 0 bridgehead atoms. The third kappa shape index (κ3) is 4.44. The predicted molar refractivity (Wildman–Crippen MR) is 61.4 cm³/mol. The molecule has 0 aliphatic carbocycles. The van der Waals surface area contributed by atoms with Crippen molar-refractivity contribution in [3.8, 4) is 11.8 Å². The van der Waals surface area contributed by atoms with E-state index in [-0.39, 0.29) is 5.78 Å². The summed E-state index contributed by atoms with van der Waals surface area (Å²) in [4.78, 5) is 10.9. The quantitative estimate of drug-likeness (QED) is 0.753. The highest BCUT2D eigenvalue weighted by molar-refractivity contribution is 5.78. The molecule has 0 radical (unpaired) electrons. The highest BCUT2D eigenvalue weighted by Gasteiger charge is 1.96. The van der Waals surface area contributed by atoms with Crippen molar-refractivity contribution < 1.29 is 4.79 Å². The molecule has 1 aromatic rings. The number of ketones is 1. The molecule has 0 amide bonds. The molecule has 78 valence electrons. The van der Waals surface area contributed by atoms with Gasteiger partial charge in [0.2, 0.25) is 0 Å². The van der Waals surface area contributed by atoms with Crippen LogP contribution < -0.4 is 5.73 Å². The standard InChI is InChI=1S/C13H15NO/c1-11(15)10-13-7-5-12(6-8-13)4-2-3-9-14/h5-8H,3,9-10,14H2,1H3. The fourth-order valence-electron chi connectivity index (χ4n) is 1.23. The Kier molecular flexibility index (Phi) is 4.59. The molecule has 1 aromatic carbocycles. The summed E-state index contributed by atoms with van der Waals surface area (Å²) in [5, 5.41) is 0. The fraction of sp³-hybridized carbons (Fsp3) is 0.308. The molecule has 0 heterocycles. The van der Waals surface area contributed by atoms with E-state index in [1.54, 1.807) is 6.92 Å². The van der Waals surface area contributed by atoms with E-state index in [2.05, 4.69) is 11.8 Å². The number of benzene rings is 1. The van der Waals surface area contributed by atoms with E-state index in [1.807, 2.05) is 24.3 Å². The topological polar surface area (TPSA) is 43.1 Å². The lowest BCUT2D eigenvalue weighted by Gasteiger charge is -1.97. The summed E-state index contributed by atoms with van der Waals surface area (Å²) in [7, 11) is 0. The average Bonchev–Trinajstić information content (AvgIpc) is 2.20. The van der Waals surface area contributed by atoms with Gasteiger partial charge in [0.1, 0.15) is 5.78 Å². The molecule has 15 heavy (non-hydrogen) atoms. The predicted octanol–water partition coefficient (Wildman–Crippen LogP) is 1.52. The molecule has 2 nitrogen and oxygen atoms in total. The van der Waals surface area contributed by atoms with E-state index < -0.39 is 0 Å². The van der Waals surface area contributed by atoms with Crippen LogP contribution in [0.4, 0.5) is 0 Å². The van der Waals surface area contributed by atoms with E-state index in [0.717, 1.165) is 17.5 Å². The van der Waals surface area contributed by atoms with Gasteiger partial charge >= 0.3 is 0 Å². The van der Waals surface area contributed by atoms with Crippen molar-refractivity contribution in [2.45, 2.75) is 19.8 Å². The molecule has 0 aromatic heterocycles.